The molecule has 3 aromatic rings. The van der Waals surface area contributed by atoms with E-state index in [0.717, 1.165) is 29.8 Å². The number of nitrogens with two attached hydrogens (primary N) is 1. The third-order valence-electron chi connectivity index (χ3n) is 4.16. The summed E-state index contributed by atoms with van der Waals surface area (Å²) in [7, 11) is 1.63. The molecule has 0 aliphatic heterocycles. The number of hydrogen-bond acceptors (Lipinski definition) is 5. The van der Waals surface area contributed by atoms with Gasteiger partial charge >= 0.3 is 0 Å². The van der Waals surface area contributed by atoms with Gasteiger partial charge in [-0.25, -0.2) is 4.98 Å². The molecule has 1 aromatic carbocycles. The lowest BCUT2D eigenvalue weighted by atomic mass is 10.0. The summed E-state index contributed by atoms with van der Waals surface area (Å²) in [6.07, 6.45) is 2.59. The minimum Gasteiger partial charge on any atom is -0.496 e. The highest BCUT2D eigenvalue weighted by molar-refractivity contribution is 5.43. The lowest BCUT2D eigenvalue weighted by molar-refractivity contribution is 0.410. The molecule has 1 aliphatic rings. The largest absolute Gasteiger partial charge is 0.496 e. The van der Waals surface area contributed by atoms with Gasteiger partial charge in [0.25, 0.3) is 11.3 Å². The van der Waals surface area contributed by atoms with E-state index in [1.165, 1.54) is 4.52 Å². The van der Waals surface area contributed by atoms with Crippen molar-refractivity contribution in [2.75, 3.05) is 12.8 Å². The number of anilines is 1. The first-order valence-corrected chi connectivity index (χ1v) is 7.56. The predicted octanol–water partition coefficient (Wildman–Crippen LogP) is 1.48. The fraction of sp³-hybridized carbons (Fsp3) is 0.312. The van der Waals surface area contributed by atoms with E-state index in [1.54, 1.807) is 7.11 Å². The lowest BCUT2D eigenvalue weighted by Gasteiger charge is -2.10. The van der Waals surface area contributed by atoms with Gasteiger partial charge < -0.3 is 10.5 Å². The van der Waals surface area contributed by atoms with Crippen LogP contribution in [0.5, 0.6) is 5.75 Å². The number of fused-ring (bicyclic) bond motifs is 1. The summed E-state index contributed by atoms with van der Waals surface area (Å²) in [5, 5.41) is 2.75. The van der Waals surface area contributed by atoms with Crippen molar-refractivity contribution in [3.05, 3.63) is 51.4 Å². The number of aromatic nitrogens is 4. The Kier molecular flexibility index (Phi) is 3.07. The smallest absolute Gasteiger partial charge is 0.277 e. The van der Waals surface area contributed by atoms with E-state index in [9.17, 15) is 4.79 Å². The number of nitrogen functional groups attached to an aromatic ring is 1. The monoisotopic (exact) mass is 311 g/mol. The molecule has 1 aliphatic carbocycles. The standard InChI is InChI=1S/C16H17N5O2/c1-23-12-5-3-2-4-10(12)8-11-13(9-6-7-9)18-16-19-15(17)20-21(16)14(11)22/h2-5,9H,6-8H2,1H3,(H3,17,18,19,20). The van der Waals surface area contributed by atoms with Gasteiger partial charge in [0.05, 0.1) is 12.8 Å². The topological polar surface area (TPSA) is 98.3 Å². The van der Waals surface area contributed by atoms with Crippen LogP contribution in [0.2, 0.25) is 0 Å². The number of nitrogens with zero attached hydrogens (tertiary/aromatic N) is 3. The van der Waals surface area contributed by atoms with Gasteiger partial charge in [0, 0.05) is 17.9 Å². The molecular weight excluding hydrogens is 294 g/mol. The third kappa shape index (κ3) is 2.34. The molecule has 118 valence electrons. The van der Waals surface area contributed by atoms with E-state index >= 15 is 0 Å². The van der Waals surface area contributed by atoms with Crippen LogP contribution in [-0.2, 0) is 6.42 Å². The quantitative estimate of drug-likeness (QED) is 0.760. The van der Waals surface area contributed by atoms with Gasteiger partial charge in [-0.3, -0.25) is 9.89 Å². The number of H-pyrrole nitrogens is 1. The van der Waals surface area contributed by atoms with Crippen LogP contribution in [0.4, 0.5) is 5.95 Å². The first-order valence-electron chi connectivity index (χ1n) is 7.56. The van der Waals surface area contributed by atoms with E-state index in [1.807, 2.05) is 24.3 Å². The van der Waals surface area contributed by atoms with E-state index < -0.39 is 0 Å². The molecule has 1 fully saturated rings. The van der Waals surface area contributed by atoms with Crippen molar-refractivity contribution in [2.45, 2.75) is 25.2 Å². The fourth-order valence-corrected chi connectivity index (χ4v) is 2.88. The number of aromatic amines is 1. The van der Waals surface area contributed by atoms with Gasteiger partial charge in [-0.05, 0) is 24.5 Å². The van der Waals surface area contributed by atoms with E-state index in [4.69, 9.17) is 10.5 Å². The van der Waals surface area contributed by atoms with Crippen molar-refractivity contribution in [3.63, 3.8) is 0 Å². The van der Waals surface area contributed by atoms with Crippen LogP contribution >= 0.6 is 0 Å². The molecule has 23 heavy (non-hydrogen) atoms. The zero-order chi connectivity index (χ0) is 16.0. The molecule has 7 nitrogen and oxygen atoms in total. The zero-order valence-corrected chi connectivity index (χ0v) is 12.7. The molecule has 0 amide bonds. The number of rotatable bonds is 4. The fourth-order valence-electron chi connectivity index (χ4n) is 2.88. The maximum Gasteiger partial charge on any atom is 0.277 e. The summed E-state index contributed by atoms with van der Waals surface area (Å²) < 4.78 is 6.71. The van der Waals surface area contributed by atoms with Crippen molar-refractivity contribution < 1.29 is 4.74 Å². The average Bonchev–Trinajstić information content (AvgIpc) is 3.32. The zero-order valence-electron chi connectivity index (χ0n) is 12.7. The number of methoxy groups -OCH3 is 1. The second-order valence-corrected chi connectivity index (χ2v) is 5.79. The van der Waals surface area contributed by atoms with Crippen LogP contribution in [0.25, 0.3) is 5.78 Å². The SMILES string of the molecule is COc1ccccc1Cc1c(C2CC2)nc2nc(N)[nH]n2c1=O. The molecule has 7 heteroatoms. The van der Waals surface area contributed by atoms with Gasteiger partial charge in [-0.15, -0.1) is 0 Å². The van der Waals surface area contributed by atoms with E-state index in [0.29, 0.717) is 23.7 Å². The molecule has 0 bridgehead atoms. The molecule has 0 spiro atoms. The Hall–Kier alpha value is -2.83. The number of ether oxygens (including phenoxy) is 1. The Morgan fingerprint density at radius 1 is 1.35 bits per heavy atom. The van der Waals surface area contributed by atoms with Crippen molar-refractivity contribution in [2.24, 2.45) is 0 Å². The molecule has 1 saturated carbocycles. The van der Waals surface area contributed by atoms with Crippen LogP contribution in [0, 0.1) is 0 Å². The molecule has 4 rings (SSSR count). The van der Waals surface area contributed by atoms with Crippen molar-refractivity contribution in [1.29, 1.82) is 0 Å². The van der Waals surface area contributed by atoms with Gasteiger partial charge in [0.15, 0.2) is 0 Å². The van der Waals surface area contributed by atoms with Crippen LogP contribution < -0.4 is 16.0 Å². The highest BCUT2D eigenvalue weighted by atomic mass is 16.5. The maximum atomic E-state index is 12.9. The van der Waals surface area contributed by atoms with Gasteiger partial charge in [0.1, 0.15) is 5.75 Å². The number of nitrogens with one attached hydrogen (secondary N) is 1. The molecule has 0 atom stereocenters. The lowest BCUT2D eigenvalue weighted by Crippen LogP contribution is -2.23. The minimum absolute atomic E-state index is 0.146. The average molecular weight is 311 g/mol. The molecule has 2 heterocycles. The van der Waals surface area contributed by atoms with E-state index in [2.05, 4.69) is 15.1 Å². The van der Waals surface area contributed by atoms with Crippen LogP contribution in [0.1, 0.15) is 35.6 Å². The number of hydrogen-bond donors (Lipinski definition) is 2. The van der Waals surface area contributed by atoms with Crippen LogP contribution in [0.3, 0.4) is 0 Å². The summed E-state index contributed by atoms with van der Waals surface area (Å²) in [6.45, 7) is 0. The summed E-state index contributed by atoms with van der Waals surface area (Å²) in [4.78, 5) is 21.5. The second kappa shape index (κ2) is 5.12. The van der Waals surface area contributed by atoms with Gasteiger partial charge in [-0.1, -0.05) is 18.2 Å². The molecule has 3 N–H and O–H groups in total. The van der Waals surface area contributed by atoms with Crippen LogP contribution in [-0.4, -0.2) is 26.7 Å². The highest BCUT2D eigenvalue weighted by Crippen LogP contribution is 2.40. The Balaban J connectivity index is 1.89. The minimum atomic E-state index is -0.146. The van der Waals surface area contributed by atoms with Gasteiger partial charge in [-0.2, -0.15) is 9.50 Å². The first-order chi connectivity index (χ1) is 11.2. The molecular formula is C16H17N5O2. The van der Waals surface area contributed by atoms with Crippen molar-refractivity contribution in [3.8, 4) is 5.75 Å². The maximum absolute atomic E-state index is 12.9. The Morgan fingerprint density at radius 2 is 2.13 bits per heavy atom. The van der Waals surface area contributed by atoms with E-state index in [-0.39, 0.29) is 11.5 Å². The summed E-state index contributed by atoms with van der Waals surface area (Å²) in [5.41, 5.74) is 8.00. The Labute approximate surface area is 132 Å². The van der Waals surface area contributed by atoms with Gasteiger partial charge in [0.2, 0.25) is 5.95 Å². The highest BCUT2D eigenvalue weighted by Gasteiger charge is 2.30. The predicted molar refractivity (Wildman–Crippen MR) is 85.8 cm³/mol. The summed E-state index contributed by atoms with van der Waals surface area (Å²) in [6, 6.07) is 7.70. The number of benzene rings is 1. The number of para-hydroxylation sites is 1. The second-order valence-electron chi connectivity index (χ2n) is 5.79. The van der Waals surface area contributed by atoms with Crippen LogP contribution in [0.15, 0.2) is 29.1 Å². The summed E-state index contributed by atoms with van der Waals surface area (Å²) >= 11 is 0. The van der Waals surface area contributed by atoms with Crippen molar-refractivity contribution in [1.82, 2.24) is 19.6 Å². The normalized spacial score (nSPS) is 14.3. The summed E-state index contributed by atoms with van der Waals surface area (Å²) in [5.74, 6) is 1.63. The molecule has 2 aromatic heterocycles. The Bertz CT molecular complexity index is 939. The molecule has 0 radical (unpaired) electrons. The Morgan fingerprint density at radius 3 is 2.87 bits per heavy atom. The molecule has 0 unspecified atom stereocenters. The third-order valence-corrected chi connectivity index (χ3v) is 4.16. The first kappa shape index (κ1) is 13.8. The molecule has 0 saturated heterocycles. The van der Waals surface area contributed by atoms with Crippen molar-refractivity contribution >= 4 is 11.7 Å².